The molecule has 30 heavy (non-hydrogen) atoms. The predicted molar refractivity (Wildman–Crippen MR) is 121 cm³/mol. The molecule has 2 fully saturated rings. The lowest BCUT2D eigenvalue weighted by Gasteiger charge is -2.24. The van der Waals surface area contributed by atoms with Crippen molar-refractivity contribution in [3.8, 4) is 0 Å². The SMILES string of the molecule is O=C(CC1CN[C@H](C(=O)N2CCSC2)C1)N(Cc1ccccc1)Cc1ccccc1. The summed E-state index contributed by atoms with van der Waals surface area (Å²) < 4.78 is 0. The van der Waals surface area contributed by atoms with Crippen LogP contribution in [0.25, 0.3) is 0 Å². The van der Waals surface area contributed by atoms with Gasteiger partial charge in [-0.25, -0.2) is 0 Å². The van der Waals surface area contributed by atoms with Crippen LogP contribution in [0.3, 0.4) is 0 Å². The van der Waals surface area contributed by atoms with E-state index in [9.17, 15) is 9.59 Å². The number of carbonyl (C=O) groups excluding carboxylic acids is 2. The molecule has 2 atom stereocenters. The zero-order valence-electron chi connectivity index (χ0n) is 17.2. The Labute approximate surface area is 182 Å². The first-order chi connectivity index (χ1) is 14.7. The van der Waals surface area contributed by atoms with Crippen LogP contribution in [-0.4, -0.2) is 52.4 Å². The maximum atomic E-state index is 13.2. The molecule has 2 saturated heterocycles. The fourth-order valence-electron chi connectivity index (χ4n) is 4.18. The van der Waals surface area contributed by atoms with Crippen molar-refractivity contribution in [1.29, 1.82) is 0 Å². The van der Waals surface area contributed by atoms with Crippen molar-refractivity contribution in [3.05, 3.63) is 71.8 Å². The summed E-state index contributed by atoms with van der Waals surface area (Å²) in [5.41, 5.74) is 2.26. The van der Waals surface area contributed by atoms with Gasteiger partial charge in [-0.2, -0.15) is 0 Å². The number of carbonyl (C=O) groups is 2. The van der Waals surface area contributed by atoms with Crippen molar-refractivity contribution < 1.29 is 9.59 Å². The van der Waals surface area contributed by atoms with Crippen LogP contribution in [0.15, 0.2) is 60.7 Å². The van der Waals surface area contributed by atoms with Crippen molar-refractivity contribution in [3.63, 3.8) is 0 Å². The van der Waals surface area contributed by atoms with E-state index in [1.165, 1.54) is 0 Å². The average Bonchev–Trinajstić information content (AvgIpc) is 3.47. The van der Waals surface area contributed by atoms with Crippen LogP contribution >= 0.6 is 11.8 Å². The minimum atomic E-state index is -0.141. The lowest BCUT2D eigenvalue weighted by molar-refractivity contribution is -0.134. The number of amides is 2. The number of hydrogen-bond donors (Lipinski definition) is 1. The van der Waals surface area contributed by atoms with Crippen LogP contribution in [0.5, 0.6) is 0 Å². The molecule has 6 heteroatoms. The highest BCUT2D eigenvalue weighted by molar-refractivity contribution is 7.99. The Bertz CT molecular complexity index is 799. The molecule has 1 N–H and O–H groups in total. The molecule has 2 heterocycles. The summed E-state index contributed by atoms with van der Waals surface area (Å²) in [4.78, 5) is 29.8. The van der Waals surface area contributed by atoms with Crippen LogP contribution in [0.1, 0.15) is 24.0 Å². The van der Waals surface area contributed by atoms with E-state index in [-0.39, 0.29) is 23.8 Å². The molecule has 2 aliphatic heterocycles. The fourth-order valence-corrected chi connectivity index (χ4v) is 5.13. The van der Waals surface area contributed by atoms with Crippen molar-refractivity contribution in [2.75, 3.05) is 24.7 Å². The summed E-state index contributed by atoms with van der Waals surface area (Å²) >= 11 is 1.80. The van der Waals surface area contributed by atoms with E-state index in [4.69, 9.17) is 0 Å². The van der Waals surface area contributed by atoms with Crippen LogP contribution in [-0.2, 0) is 22.7 Å². The highest BCUT2D eigenvalue weighted by atomic mass is 32.2. The van der Waals surface area contributed by atoms with Crippen LogP contribution < -0.4 is 5.32 Å². The Balaban J connectivity index is 1.38. The molecule has 2 aromatic rings. The van der Waals surface area contributed by atoms with Crippen LogP contribution in [0.4, 0.5) is 0 Å². The Morgan fingerprint density at radius 2 is 1.63 bits per heavy atom. The molecule has 0 aromatic heterocycles. The van der Waals surface area contributed by atoms with E-state index in [1.54, 1.807) is 11.8 Å². The zero-order valence-corrected chi connectivity index (χ0v) is 18.0. The monoisotopic (exact) mass is 423 g/mol. The lowest BCUT2D eigenvalue weighted by atomic mass is 10.00. The van der Waals surface area contributed by atoms with Crippen LogP contribution in [0, 0.1) is 5.92 Å². The maximum Gasteiger partial charge on any atom is 0.240 e. The molecule has 4 rings (SSSR count). The normalized spacial score (nSPS) is 21.0. The van der Waals surface area contributed by atoms with Gasteiger partial charge in [-0.15, -0.1) is 11.8 Å². The van der Waals surface area contributed by atoms with Gasteiger partial charge < -0.3 is 15.1 Å². The molecule has 2 aromatic carbocycles. The molecule has 0 aliphatic carbocycles. The first-order valence-corrected chi connectivity index (χ1v) is 11.8. The van der Waals surface area contributed by atoms with Gasteiger partial charge in [0.05, 0.1) is 11.9 Å². The van der Waals surface area contributed by atoms with Gasteiger partial charge in [0.25, 0.3) is 0 Å². The standard InChI is InChI=1S/C24H29N3O2S/c28-23(14-21-13-22(25-15-21)24(29)26-11-12-30-18-26)27(16-19-7-3-1-4-8-19)17-20-9-5-2-6-10-20/h1-10,21-22,25H,11-18H2/t21?,22-/m0/s1. The predicted octanol–water partition coefficient (Wildman–Crippen LogP) is 3.12. The van der Waals surface area contributed by atoms with E-state index in [2.05, 4.69) is 29.6 Å². The van der Waals surface area contributed by atoms with Gasteiger partial charge in [0, 0.05) is 31.8 Å². The molecule has 5 nitrogen and oxygen atoms in total. The Morgan fingerprint density at radius 1 is 1.00 bits per heavy atom. The largest absolute Gasteiger partial charge is 0.334 e. The third-order valence-electron chi connectivity index (χ3n) is 5.83. The Kier molecular flexibility index (Phi) is 7.07. The van der Waals surface area contributed by atoms with Gasteiger partial charge in [-0.1, -0.05) is 60.7 Å². The van der Waals surface area contributed by atoms with Crippen molar-refractivity contribution in [2.45, 2.75) is 32.0 Å². The molecule has 2 aliphatic rings. The highest BCUT2D eigenvalue weighted by Crippen LogP contribution is 2.23. The second kappa shape index (κ2) is 10.1. The summed E-state index contributed by atoms with van der Waals surface area (Å²) in [6, 6.07) is 20.1. The average molecular weight is 424 g/mol. The first-order valence-electron chi connectivity index (χ1n) is 10.6. The molecule has 1 unspecified atom stereocenters. The third-order valence-corrected chi connectivity index (χ3v) is 6.80. The second-order valence-corrected chi connectivity index (χ2v) is 9.20. The van der Waals surface area contributed by atoms with Crippen LogP contribution in [0.2, 0.25) is 0 Å². The minimum absolute atomic E-state index is 0.141. The maximum absolute atomic E-state index is 13.2. The van der Waals surface area contributed by atoms with Crippen molar-refractivity contribution in [1.82, 2.24) is 15.1 Å². The lowest BCUT2D eigenvalue weighted by Crippen LogP contribution is -2.42. The van der Waals surface area contributed by atoms with Gasteiger partial charge in [0.15, 0.2) is 0 Å². The Hall–Kier alpha value is -2.31. The molecule has 0 saturated carbocycles. The van der Waals surface area contributed by atoms with Gasteiger partial charge >= 0.3 is 0 Å². The number of nitrogens with one attached hydrogen (secondary N) is 1. The summed E-state index contributed by atoms with van der Waals surface area (Å²) in [6.07, 6.45) is 1.22. The molecule has 0 spiro atoms. The molecular weight excluding hydrogens is 394 g/mol. The number of benzene rings is 2. The zero-order chi connectivity index (χ0) is 20.8. The molecule has 0 radical (unpaired) electrons. The quantitative estimate of drug-likeness (QED) is 0.744. The first kappa shape index (κ1) is 20.9. The summed E-state index contributed by atoms with van der Waals surface area (Å²) in [7, 11) is 0. The number of thioether (sulfide) groups is 1. The molecular formula is C24H29N3O2S. The van der Waals surface area contributed by atoms with E-state index in [0.717, 1.165) is 42.3 Å². The smallest absolute Gasteiger partial charge is 0.240 e. The molecule has 158 valence electrons. The summed E-state index contributed by atoms with van der Waals surface area (Å²) in [5.74, 6) is 2.37. The van der Waals surface area contributed by atoms with Gasteiger partial charge in [0.2, 0.25) is 11.8 Å². The van der Waals surface area contributed by atoms with E-state index >= 15 is 0 Å². The van der Waals surface area contributed by atoms with Gasteiger partial charge in [-0.3, -0.25) is 9.59 Å². The number of rotatable bonds is 7. The number of hydrogen-bond acceptors (Lipinski definition) is 4. The minimum Gasteiger partial charge on any atom is -0.334 e. The van der Waals surface area contributed by atoms with Crippen molar-refractivity contribution in [2.24, 2.45) is 5.92 Å². The number of nitrogens with zero attached hydrogens (tertiary/aromatic N) is 2. The molecule has 2 amide bonds. The van der Waals surface area contributed by atoms with E-state index in [1.807, 2.05) is 46.2 Å². The second-order valence-electron chi connectivity index (χ2n) is 8.13. The molecule has 0 bridgehead atoms. The van der Waals surface area contributed by atoms with E-state index in [0.29, 0.717) is 19.5 Å². The third kappa shape index (κ3) is 5.43. The van der Waals surface area contributed by atoms with Crippen molar-refractivity contribution >= 4 is 23.6 Å². The Morgan fingerprint density at radius 3 is 2.20 bits per heavy atom. The summed E-state index contributed by atoms with van der Waals surface area (Å²) in [5, 5.41) is 3.36. The van der Waals surface area contributed by atoms with Gasteiger partial charge in [0.1, 0.15) is 0 Å². The van der Waals surface area contributed by atoms with E-state index < -0.39 is 0 Å². The van der Waals surface area contributed by atoms with Gasteiger partial charge in [-0.05, 0) is 30.0 Å². The fraction of sp³-hybridized carbons (Fsp3) is 0.417. The highest BCUT2D eigenvalue weighted by Gasteiger charge is 2.34. The topological polar surface area (TPSA) is 52.7 Å². The summed E-state index contributed by atoms with van der Waals surface area (Å²) in [6.45, 7) is 2.77.